The quantitative estimate of drug-likeness (QED) is 0.882. The molecule has 1 saturated carbocycles. The number of nitriles is 1. The molecule has 1 aliphatic rings. The van der Waals surface area contributed by atoms with Gasteiger partial charge in [-0.15, -0.1) is 11.3 Å². The van der Waals surface area contributed by atoms with Crippen molar-refractivity contribution >= 4 is 17.4 Å². The predicted molar refractivity (Wildman–Crippen MR) is 91.3 cm³/mol. The zero-order valence-corrected chi connectivity index (χ0v) is 14.8. The molecule has 0 unspecified atom stereocenters. The van der Waals surface area contributed by atoms with Gasteiger partial charge < -0.3 is 15.4 Å². The van der Waals surface area contributed by atoms with Crippen LogP contribution in [0.1, 0.15) is 56.2 Å². The second kappa shape index (κ2) is 7.80. The molecular weight excluding hydrogens is 310 g/mol. The molecule has 5 nitrogen and oxygen atoms in total. The smallest absolute Gasteiger partial charge is 0.407 e. The maximum Gasteiger partial charge on any atom is 0.407 e. The Morgan fingerprint density at radius 2 is 1.96 bits per heavy atom. The van der Waals surface area contributed by atoms with Gasteiger partial charge in [-0.05, 0) is 58.6 Å². The summed E-state index contributed by atoms with van der Waals surface area (Å²) < 4.78 is 5.29. The minimum absolute atomic E-state index is 0.204. The molecule has 126 valence electrons. The first-order valence-electron chi connectivity index (χ1n) is 8.07. The molecule has 0 radical (unpaired) electrons. The average Bonchev–Trinajstić information content (AvgIpc) is 2.92. The van der Waals surface area contributed by atoms with Crippen LogP contribution in [0.15, 0.2) is 12.1 Å². The molecule has 0 aliphatic heterocycles. The molecule has 1 fully saturated rings. The van der Waals surface area contributed by atoms with Gasteiger partial charge in [0, 0.05) is 23.5 Å². The third-order valence-electron chi connectivity index (χ3n) is 3.78. The maximum absolute atomic E-state index is 11.8. The standard InChI is InChI=1S/C17H25N3O2S/c1-17(2,3)22-16(21)20-13-6-4-12(5-7-13)19-11-15-9-8-14(10-18)23-15/h8-9,12-13,19H,4-7,11H2,1-3H3,(H,20,21). The van der Waals surface area contributed by atoms with Gasteiger partial charge in [0.25, 0.3) is 0 Å². The first-order chi connectivity index (χ1) is 10.9. The lowest BCUT2D eigenvalue weighted by Gasteiger charge is -2.30. The van der Waals surface area contributed by atoms with Gasteiger partial charge in [-0.2, -0.15) is 5.26 Å². The first kappa shape index (κ1) is 17.8. The summed E-state index contributed by atoms with van der Waals surface area (Å²) in [5.74, 6) is 0. The third kappa shape index (κ3) is 6.20. The summed E-state index contributed by atoms with van der Waals surface area (Å²) in [6.07, 6.45) is 3.68. The van der Waals surface area contributed by atoms with Gasteiger partial charge in [-0.25, -0.2) is 4.79 Å². The fourth-order valence-corrected chi connectivity index (χ4v) is 3.45. The molecule has 0 aromatic carbocycles. The summed E-state index contributed by atoms with van der Waals surface area (Å²) >= 11 is 1.54. The molecule has 0 bridgehead atoms. The van der Waals surface area contributed by atoms with Crippen molar-refractivity contribution in [2.75, 3.05) is 0 Å². The highest BCUT2D eigenvalue weighted by atomic mass is 32.1. The van der Waals surface area contributed by atoms with Crippen LogP contribution >= 0.6 is 11.3 Å². The summed E-state index contributed by atoms with van der Waals surface area (Å²) in [6.45, 7) is 6.42. The second-order valence-corrected chi connectivity index (χ2v) is 8.12. The van der Waals surface area contributed by atoms with Crippen molar-refractivity contribution in [3.8, 4) is 6.07 Å². The number of ether oxygens (including phenoxy) is 1. The molecule has 2 N–H and O–H groups in total. The van der Waals surface area contributed by atoms with E-state index in [1.807, 2.05) is 32.9 Å². The largest absolute Gasteiger partial charge is 0.444 e. The fraction of sp³-hybridized carbons (Fsp3) is 0.647. The molecule has 6 heteroatoms. The van der Waals surface area contributed by atoms with E-state index >= 15 is 0 Å². The van der Waals surface area contributed by atoms with Crippen molar-refractivity contribution in [1.29, 1.82) is 5.26 Å². The molecule has 0 atom stereocenters. The van der Waals surface area contributed by atoms with E-state index in [0.29, 0.717) is 6.04 Å². The lowest BCUT2D eigenvalue weighted by atomic mass is 9.91. The van der Waals surface area contributed by atoms with Crippen LogP contribution in [-0.4, -0.2) is 23.8 Å². The fourth-order valence-electron chi connectivity index (χ4n) is 2.69. The highest BCUT2D eigenvalue weighted by molar-refractivity contribution is 7.12. The Hall–Kier alpha value is -1.58. The van der Waals surface area contributed by atoms with Crippen molar-refractivity contribution in [3.63, 3.8) is 0 Å². The summed E-state index contributed by atoms with van der Waals surface area (Å²) in [5.41, 5.74) is -0.453. The Kier molecular flexibility index (Phi) is 6.03. The minimum Gasteiger partial charge on any atom is -0.444 e. The van der Waals surface area contributed by atoms with Gasteiger partial charge >= 0.3 is 6.09 Å². The van der Waals surface area contributed by atoms with Gasteiger partial charge in [-0.1, -0.05) is 0 Å². The van der Waals surface area contributed by atoms with E-state index in [4.69, 9.17) is 10.00 Å². The number of nitrogens with one attached hydrogen (secondary N) is 2. The van der Waals surface area contributed by atoms with Crippen LogP contribution in [-0.2, 0) is 11.3 Å². The lowest BCUT2D eigenvalue weighted by Crippen LogP contribution is -2.43. The minimum atomic E-state index is -0.453. The van der Waals surface area contributed by atoms with Gasteiger partial charge in [0.15, 0.2) is 0 Å². The average molecular weight is 335 g/mol. The van der Waals surface area contributed by atoms with Gasteiger partial charge in [0.1, 0.15) is 16.5 Å². The van der Waals surface area contributed by atoms with E-state index in [1.54, 1.807) is 0 Å². The first-order valence-corrected chi connectivity index (χ1v) is 8.89. The zero-order valence-electron chi connectivity index (χ0n) is 14.0. The number of nitrogens with zero attached hydrogens (tertiary/aromatic N) is 1. The molecule has 0 spiro atoms. The number of rotatable bonds is 4. The number of thiophene rings is 1. The number of carbonyl (C=O) groups is 1. The highest BCUT2D eigenvalue weighted by Gasteiger charge is 2.24. The Balaban J connectivity index is 1.67. The van der Waals surface area contributed by atoms with E-state index in [1.165, 1.54) is 16.2 Å². The summed E-state index contributed by atoms with van der Waals surface area (Å²) in [4.78, 5) is 13.7. The molecular formula is C17H25N3O2S. The lowest BCUT2D eigenvalue weighted by molar-refractivity contribution is 0.0490. The van der Waals surface area contributed by atoms with Crippen LogP contribution in [0.5, 0.6) is 0 Å². The molecule has 2 rings (SSSR count). The summed E-state index contributed by atoms with van der Waals surface area (Å²) in [7, 11) is 0. The summed E-state index contributed by atoms with van der Waals surface area (Å²) in [6, 6.07) is 6.71. The normalized spacial score (nSPS) is 21.5. The van der Waals surface area contributed by atoms with Crippen molar-refractivity contribution in [1.82, 2.24) is 10.6 Å². The zero-order chi connectivity index (χ0) is 16.9. The van der Waals surface area contributed by atoms with Crippen LogP contribution in [0, 0.1) is 11.3 Å². The predicted octanol–water partition coefficient (Wildman–Crippen LogP) is 3.55. The Morgan fingerprint density at radius 3 is 2.52 bits per heavy atom. The van der Waals surface area contributed by atoms with Crippen LogP contribution in [0.2, 0.25) is 0 Å². The SMILES string of the molecule is CC(C)(C)OC(=O)NC1CCC(NCc2ccc(C#N)s2)CC1. The monoisotopic (exact) mass is 335 g/mol. The maximum atomic E-state index is 11.8. The Morgan fingerprint density at radius 1 is 1.30 bits per heavy atom. The number of alkyl carbamates (subject to hydrolysis) is 1. The summed E-state index contributed by atoms with van der Waals surface area (Å²) in [5, 5.41) is 15.3. The van der Waals surface area contributed by atoms with Crippen molar-refractivity contribution in [2.24, 2.45) is 0 Å². The van der Waals surface area contributed by atoms with E-state index in [0.717, 1.165) is 37.1 Å². The van der Waals surface area contributed by atoms with Crippen molar-refractivity contribution in [2.45, 2.75) is 70.7 Å². The van der Waals surface area contributed by atoms with E-state index in [2.05, 4.69) is 16.7 Å². The Bertz CT molecular complexity index is 563. The molecule has 0 saturated heterocycles. The third-order valence-corrected chi connectivity index (χ3v) is 4.77. The number of hydrogen-bond acceptors (Lipinski definition) is 5. The molecule has 1 aromatic rings. The number of carbonyl (C=O) groups excluding carboxylic acids is 1. The van der Waals surface area contributed by atoms with Gasteiger partial charge in [0.2, 0.25) is 0 Å². The van der Waals surface area contributed by atoms with Gasteiger partial charge in [0.05, 0.1) is 0 Å². The molecule has 1 aromatic heterocycles. The van der Waals surface area contributed by atoms with Crippen molar-refractivity contribution in [3.05, 3.63) is 21.9 Å². The molecule has 1 amide bonds. The van der Waals surface area contributed by atoms with E-state index < -0.39 is 5.60 Å². The molecule has 23 heavy (non-hydrogen) atoms. The van der Waals surface area contributed by atoms with Gasteiger partial charge in [-0.3, -0.25) is 0 Å². The van der Waals surface area contributed by atoms with E-state index in [9.17, 15) is 4.79 Å². The van der Waals surface area contributed by atoms with E-state index in [-0.39, 0.29) is 12.1 Å². The number of hydrogen-bond donors (Lipinski definition) is 2. The van der Waals surface area contributed by atoms with Crippen LogP contribution in [0.4, 0.5) is 4.79 Å². The molecule has 1 aliphatic carbocycles. The van der Waals surface area contributed by atoms with Crippen molar-refractivity contribution < 1.29 is 9.53 Å². The Labute approximate surface area is 142 Å². The van der Waals surface area contributed by atoms with Crippen LogP contribution in [0.3, 0.4) is 0 Å². The topological polar surface area (TPSA) is 74.2 Å². The highest BCUT2D eigenvalue weighted by Crippen LogP contribution is 2.21. The number of amides is 1. The second-order valence-electron chi connectivity index (χ2n) is 6.95. The molecule has 1 heterocycles. The van der Waals surface area contributed by atoms with Crippen LogP contribution < -0.4 is 10.6 Å². The van der Waals surface area contributed by atoms with Crippen LogP contribution in [0.25, 0.3) is 0 Å².